The van der Waals surface area contributed by atoms with Gasteiger partial charge in [-0.05, 0) is 49.2 Å². The van der Waals surface area contributed by atoms with Crippen molar-refractivity contribution in [2.45, 2.75) is 51.2 Å². The van der Waals surface area contributed by atoms with Gasteiger partial charge in [0.1, 0.15) is 11.9 Å². The van der Waals surface area contributed by atoms with Crippen LogP contribution in [-0.2, 0) is 11.2 Å². The number of nitrogens with zero attached hydrogens (tertiary/aromatic N) is 4. The predicted octanol–water partition coefficient (Wildman–Crippen LogP) is 1.02. The highest BCUT2D eigenvalue weighted by Gasteiger charge is 2.27. The first-order valence-electron chi connectivity index (χ1n) is 8.45. The summed E-state index contributed by atoms with van der Waals surface area (Å²) in [5, 5.41) is 18.2. The van der Waals surface area contributed by atoms with Crippen LogP contribution in [0.5, 0.6) is 0 Å². The summed E-state index contributed by atoms with van der Waals surface area (Å²) >= 11 is 0. The van der Waals surface area contributed by atoms with Crippen molar-refractivity contribution < 1.29 is 4.79 Å². The Labute approximate surface area is 141 Å². The van der Waals surface area contributed by atoms with Crippen LogP contribution in [-0.4, -0.2) is 44.7 Å². The number of amides is 1. The van der Waals surface area contributed by atoms with Crippen LogP contribution < -0.4 is 10.6 Å². The zero-order valence-electron chi connectivity index (χ0n) is 14.1. The Bertz CT molecular complexity index is 671. The Balaban J connectivity index is 1.76. The summed E-state index contributed by atoms with van der Waals surface area (Å²) in [6.07, 6.45) is 2.46. The Hall–Kier alpha value is -2.28. The lowest BCUT2D eigenvalue weighted by molar-refractivity contribution is -0.125. The number of hydrogen-bond acceptors (Lipinski definition) is 5. The van der Waals surface area contributed by atoms with Gasteiger partial charge in [0.25, 0.3) is 0 Å². The quantitative estimate of drug-likeness (QED) is 0.856. The normalized spacial score (nSPS) is 22.1. The molecule has 1 saturated heterocycles. The maximum atomic E-state index is 12.9. The molecule has 2 aromatic rings. The molecule has 7 heteroatoms. The molecule has 0 radical (unpaired) electrons. The minimum absolute atomic E-state index is 0.0200. The molecule has 1 aromatic heterocycles. The van der Waals surface area contributed by atoms with Crippen LogP contribution in [0.3, 0.4) is 0 Å². The molecular weight excluding hydrogens is 304 g/mol. The third-order valence-corrected chi connectivity index (χ3v) is 4.50. The van der Waals surface area contributed by atoms with Crippen LogP contribution in [0.1, 0.15) is 37.2 Å². The third-order valence-electron chi connectivity index (χ3n) is 4.50. The molecule has 7 nitrogen and oxygen atoms in total. The van der Waals surface area contributed by atoms with Gasteiger partial charge in [-0.1, -0.05) is 30.3 Å². The monoisotopic (exact) mass is 328 g/mol. The molecule has 2 heterocycles. The van der Waals surface area contributed by atoms with Crippen LogP contribution in [0, 0.1) is 6.92 Å². The second-order valence-corrected chi connectivity index (χ2v) is 6.46. The van der Waals surface area contributed by atoms with Gasteiger partial charge in [0.15, 0.2) is 0 Å². The van der Waals surface area contributed by atoms with Crippen molar-refractivity contribution in [2.75, 3.05) is 6.54 Å². The standard InChI is InChI=1S/C17H24N6O/c1-12-10-15(8-9-18-12)19-17(24)16(23-13(2)20-21-22-23)11-14-6-4-3-5-7-14/h3-7,12,15-16,18H,8-11H2,1-2H3,(H,19,24). The van der Waals surface area contributed by atoms with Crippen LogP contribution in [0.4, 0.5) is 0 Å². The highest BCUT2D eigenvalue weighted by atomic mass is 16.2. The highest BCUT2D eigenvalue weighted by Crippen LogP contribution is 2.17. The highest BCUT2D eigenvalue weighted by molar-refractivity contribution is 5.80. The number of rotatable bonds is 5. The number of hydrogen-bond donors (Lipinski definition) is 2. The molecule has 2 N–H and O–H groups in total. The van der Waals surface area contributed by atoms with Crippen molar-refractivity contribution in [1.29, 1.82) is 0 Å². The molecule has 24 heavy (non-hydrogen) atoms. The van der Waals surface area contributed by atoms with E-state index in [-0.39, 0.29) is 11.9 Å². The summed E-state index contributed by atoms with van der Waals surface area (Å²) in [6, 6.07) is 10.1. The minimum Gasteiger partial charge on any atom is -0.351 e. The molecule has 3 atom stereocenters. The van der Waals surface area contributed by atoms with Crippen LogP contribution in [0.2, 0.25) is 0 Å². The average Bonchev–Trinajstić information content (AvgIpc) is 2.99. The molecule has 3 rings (SSSR count). The largest absolute Gasteiger partial charge is 0.351 e. The van der Waals surface area contributed by atoms with Gasteiger partial charge in [-0.25, -0.2) is 4.68 Å². The number of aromatic nitrogens is 4. The van der Waals surface area contributed by atoms with E-state index in [0.29, 0.717) is 18.3 Å². The Kier molecular flexibility index (Phi) is 5.20. The topological polar surface area (TPSA) is 84.7 Å². The van der Waals surface area contributed by atoms with E-state index in [2.05, 4.69) is 33.1 Å². The summed E-state index contributed by atoms with van der Waals surface area (Å²) in [7, 11) is 0. The van der Waals surface area contributed by atoms with Crippen LogP contribution >= 0.6 is 0 Å². The second kappa shape index (κ2) is 7.53. The second-order valence-electron chi connectivity index (χ2n) is 6.46. The SMILES string of the molecule is Cc1nnnn1C(Cc1ccccc1)C(=O)NC1CCNC(C)C1. The van der Waals surface area contributed by atoms with Gasteiger partial charge >= 0.3 is 0 Å². The van der Waals surface area contributed by atoms with Gasteiger partial charge < -0.3 is 10.6 Å². The first kappa shape index (κ1) is 16.6. The Morgan fingerprint density at radius 3 is 2.88 bits per heavy atom. The molecule has 1 aromatic carbocycles. The predicted molar refractivity (Wildman–Crippen MR) is 90.4 cm³/mol. The van der Waals surface area contributed by atoms with Crippen LogP contribution in [0.25, 0.3) is 0 Å². The van der Waals surface area contributed by atoms with E-state index in [4.69, 9.17) is 0 Å². The van der Waals surface area contributed by atoms with Gasteiger partial charge in [-0.15, -0.1) is 5.10 Å². The molecule has 0 saturated carbocycles. The molecular formula is C17H24N6O. The molecule has 0 spiro atoms. The molecule has 1 amide bonds. The fraction of sp³-hybridized carbons (Fsp3) is 0.529. The fourth-order valence-corrected chi connectivity index (χ4v) is 3.21. The van der Waals surface area contributed by atoms with Crippen LogP contribution in [0.15, 0.2) is 30.3 Å². The maximum absolute atomic E-state index is 12.9. The smallest absolute Gasteiger partial charge is 0.245 e. The number of piperidine rings is 1. The lowest BCUT2D eigenvalue weighted by Crippen LogP contribution is -2.48. The van der Waals surface area contributed by atoms with Crippen molar-refractivity contribution in [3.63, 3.8) is 0 Å². The van der Waals surface area contributed by atoms with Crippen molar-refractivity contribution in [2.24, 2.45) is 0 Å². The molecule has 0 aliphatic carbocycles. The Morgan fingerprint density at radius 2 is 2.21 bits per heavy atom. The van der Waals surface area contributed by atoms with E-state index in [1.165, 1.54) is 0 Å². The minimum atomic E-state index is -0.437. The van der Waals surface area contributed by atoms with E-state index in [0.717, 1.165) is 24.9 Å². The first-order chi connectivity index (χ1) is 11.6. The number of carbonyl (C=O) groups excluding carboxylic acids is 1. The number of nitrogens with one attached hydrogen (secondary N) is 2. The summed E-state index contributed by atoms with van der Waals surface area (Å²) in [4.78, 5) is 12.9. The van der Waals surface area contributed by atoms with Gasteiger partial charge in [0, 0.05) is 18.5 Å². The summed E-state index contributed by atoms with van der Waals surface area (Å²) in [6.45, 7) is 4.89. The molecule has 1 aliphatic heterocycles. The Morgan fingerprint density at radius 1 is 1.42 bits per heavy atom. The maximum Gasteiger partial charge on any atom is 0.245 e. The molecule has 1 aliphatic rings. The molecule has 3 unspecified atom stereocenters. The number of benzene rings is 1. The fourth-order valence-electron chi connectivity index (χ4n) is 3.21. The number of tetrazole rings is 1. The third kappa shape index (κ3) is 3.97. The summed E-state index contributed by atoms with van der Waals surface area (Å²) in [5.41, 5.74) is 1.09. The van der Waals surface area contributed by atoms with Gasteiger partial charge in [-0.2, -0.15) is 0 Å². The van der Waals surface area contributed by atoms with Gasteiger partial charge in [-0.3, -0.25) is 4.79 Å². The average molecular weight is 328 g/mol. The van der Waals surface area contributed by atoms with E-state index < -0.39 is 6.04 Å². The van der Waals surface area contributed by atoms with Crippen molar-refractivity contribution in [3.05, 3.63) is 41.7 Å². The lowest BCUT2D eigenvalue weighted by Gasteiger charge is -2.30. The lowest BCUT2D eigenvalue weighted by atomic mass is 9.99. The summed E-state index contributed by atoms with van der Waals surface area (Å²) < 4.78 is 1.62. The van der Waals surface area contributed by atoms with Gasteiger partial charge in [0.2, 0.25) is 5.91 Å². The molecule has 128 valence electrons. The van der Waals surface area contributed by atoms with Crippen molar-refractivity contribution in [3.8, 4) is 0 Å². The van der Waals surface area contributed by atoms with E-state index >= 15 is 0 Å². The summed E-state index contributed by atoms with van der Waals surface area (Å²) in [5.74, 6) is 0.623. The van der Waals surface area contributed by atoms with Crippen molar-refractivity contribution in [1.82, 2.24) is 30.8 Å². The zero-order valence-corrected chi connectivity index (χ0v) is 14.1. The van der Waals surface area contributed by atoms with E-state index in [1.54, 1.807) is 4.68 Å². The first-order valence-corrected chi connectivity index (χ1v) is 8.45. The molecule has 0 bridgehead atoms. The number of aryl methyl sites for hydroxylation is 1. The van der Waals surface area contributed by atoms with E-state index in [9.17, 15) is 4.79 Å². The number of carbonyl (C=O) groups is 1. The zero-order chi connectivity index (χ0) is 16.9. The molecule has 1 fully saturated rings. The van der Waals surface area contributed by atoms with E-state index in [1.807, 2.05) is 37.3 Å². The van der Waals surface area contributed by atoms with Crippen molar-refractivity contribution >= 4 is 5.91 Å². The van der Waals surface area contributed by atoms with Gasteiger partial charge in [0.05, 0.1) is 0 Å².